The monoisotopic (exact) mass is 260 g/mol. The van der Waals surface area contributed by atoms with Crippen molar-refractivity contribution in [3.8, 4) is 5.75 Å². The Bertz CT molecular complexity index is 481. The van der Waals surface area contributed by atoms with Crippen LogP contribution in [0.3, 0.4) is 0 Å². The first-order chi connectivity index (χ1) is 9.28. The number of hydrogen-bond acceptors (Lipinski definition) is 3. The van der Waals surface area contributed by atoms with Crippen LogP contribution in [0.15, 0.2) is 18.2 Å². The lowest BCUT2D eigenvalue weighted by molar-refractivity contribution is -0.118. The number of carbonyl (C=O) groups is 1. The van der Waals surface area contributed by atoms with E-state index in [2.05, 4.69) is 10.6 Å². The molecule has 1 heterocycles. The van der Waals surface area contributed by atoms with E-state index in [0.29, 0.717) is 5.92 Å². The molecule has 19 heavy (non-hydrogen) atoms. The largest absolute Gasteiger partial charge is 0.497 e. The number of methoxy groups -OCH3 is 1. The minimum atomic E-state index is -0.0973. The van der Waals surface area contributed by atoms with Gasteiger partial charge in [-0.15, -0.1) is 0 Å². The minimum Gasteiger partial charge on any atom is -0.497 e. The van der Waals surface area contributed by atoms with E-state index in [-0.39, 0.29) is 11.9 Å². The van der Waals surface area contributed by atoms with Crippen molar-refractivity contribution in [2.75, 3.05) is 17.7 Å². The van der Waals surface area contributed by atoms with E-state index in [4.69, 9.17) is 4.74 Å². The van der Waals surface area contributed by atoms with Gasteiger partial charge in [0.2, 0.25) is 5.91 Å². The average Bonchev–Trinajstić information content (AvgIpc) is 2.47. The van der Waals surface area contributed by atoms with E-state index in [1.165, 1.54) is 19.3 Å². The molecule has 1 fully saturated rings. The van der Waals surface area contributed by atoms with Crippen LogP contribution in [-0.4, -0.2) is 19.1 Å². The molecule has 2 aliphatic rings. The van der Waals surface area contributed by atoms with Crippen molar-refractivity contribution >= 4 is 17.3 Å². The maximum Gasteiger partial charge on any atom is 0.247 e. The van der Waals surface area contributed by atoms with Gasteiger partial charge in [-0.3, -0.25) is 4.79 Å². The third kappa shape index (κ3) is 2.39. The topological polar surface area (TPSA) is 50.4 Å². The van der Waals surface area contributed by atoms with Gasteiger partial charge in [-0.1, -0.05) is 19.3 Å². The third-order valence-electron chi connectivity index (χ3n) is 4.20. The van der Waals surface area contributed by atoms with Gasteiger partial charge in [0.05, 0.1) is 18.5 Å². The van der Waals surface area contributed by atoms with Crippen LogP contribution in [0.4, 0.5) is 11.4 Å². The molecule has 1 aromatic rings. The molecule has 1 aromatic carbocycles. The predicted molar refractivity (Wildman–Crippen MR) is 75.6 cm³/mol. The van der Waals surface area contributed by atoms with Gasteiger partial charge in [-0.2, -0.15) is 0 Å². The van der Waals surface area contributed by atoms with Gasteiger partial charge in [0, 0.05) is 6.07 Å². The van der Waals surface area contributed by atoms with Crippen molar-refractivity contribution in [2.45, 2.75) is 38.1 Å². The van der Waals surface area contributed by atoms with Gasteiger partial charge in [0.1, 0.15) is 11.8 Å². The first kappa shape index (κ1) is 12.3. The summed E-state index contributed by atoms with van der Waals surface area (Å²) in [6.45, 7) is 0. The lowest BCUT2D eigenvalue weighted by Gasteiger charge is -2.34. The number of hydrogen-bond donors (Lipinski definition) is 2. The predicted octanol–water partition coefficient (Wildman–Crippen LogP) is 3.01. The summed E-state index contributed by atoms with van der Waals surface area (Å²) in [6.07, 6.45) is 6.06. The highest BCUT2D eigenvalue weighted by molar-refractivity contribution is 6.03. The van der Waals surface area contributed by atoms with Crippen LogP contribution < -0.4 is 15.4 Å². The van der Waals surface area contributed by atoms with Crippen molar-refractivity contribution in [2.24, 2.45) is 5.92 Å². The number of ether oxygens (including phenoxy) is 1. The number of carbonyl (C=O) groups excluding carboxylic acids is 1. The molecule has 1 aliphatic heterocycles. The number of nitrogens with one attached hydrogen (secondary N) is 2. The standard InChI is InChI=1S/C15H20N2O2/c1-19-11-7-8-12-13(9-11)16-14(15(18)17-12)10-5-3-2-4-6-10/h7-10,14,16H,2-6H2,1H3,(H,17,18). The Labute approximate surface area is 113 Å². The summed E-state index contributed by atoms with van der Waals surface area (Å²) in [5, 5.41) is 6.40. The van der Waals surface area contributed by atoms with E-state index in [1.807, 2.05) is 18.2 Å². The van der Waals surface area contributed by atoms with Crippen molar-refractivity contribution in [3.63, 3.8) is 0 Å². The summed E-state index contributed by atoms with van der Waals surface area (Å²) < 4.78 is 5.24. The van der Waals surface area contributed by atoms with Crippen LogP contribution in [0.2, 0.25) is 0 Å². The van der Waals surface area contributed by atoms with E-state index in [1.54, 1.807) is 7.11 Å². The van der Waals surface area contributed by atoms with E-state index < -0.39 is 0 Å². The van der Waals surface area contributed by atoms with Gasteiger partial charge < -0.3 is 15.4 Å². The Balaban J connectivity index is 1.83. The second kappa shape index (κ2) is 5.11. The minimum absolute atomic E-state index is 0.0973. The fourth-order valence-electron chi connectivity index (χ4n) is 3.12. The van der Waals surface area contributed by atoms with Crippen LogP contribution in [-0.2, 0) is 4.79 Å². The number of rotatable bonds is 2. The molecule has 0 aromatic heterocycles. The first-order valence-corrected chi connectivity index (χ1v) is 7.03. The molecular weight excluding hydrogens is 240 g/mol. The first-order valence-electron chi connectivity index (χ1n) is 7.03. The fourth-order valence-corrected chi connectivity index (χ4v) is 3.12. The Morgan fingerprint density at radius 1 is 1.16 bits per heavy atom. The zero-order valence-electron chi connectivity index (χ0n) is 11.2. The maximum atomic E-state index is 12.2. The van der Waals surface area contributed by atoms with Gasteiger partial charge in [0.15, 0.2) is 0 Å². The second-order valence-corrected chi connectivity index (χ2v) is 5.42. The molecule has 1 aliphatic carbocycles. The molecule has 4 heteroatoms. The molecule has 102 valence electrons. The molecule has 3 rings (SSSR count). The lowest BCUT2D eigenvalue weighted by Crippen LogP contribution is -2.44. The number of amides is 1. The van der Waals surface area contributed by atoms with Crippen molar-refractivity contribution < 1.29 is 9.53 Å². The van der Waals surface area contributed by atoms with Gasteiger partial charge in [-0.05, 0) is 30.9 Å². The SMILES string of the molecule is COc1ccc2c(c1)NC(C1CCCCC1)C(=O)N2. The average molecular weight is 260 g/mol. The van der Waals surface area contributed by atoms with Crippen molar-refractivity contribution in [1.29, 1.82) is 0 Å². The Morgan fingerprint density at radius 2 is 1.95 bits per heavy atom. The quantitative estimate of drug-likeness (QED) is 0.859. The summed E-state index contributed by atoms with van der Waals surface area (Å²) in [7, 11) is 1.65. The molecule has 1 unspecified atom stereocenters. The molecule has 1 atom stereocenters. The lowest BCUT2D eigenvalue weighted by atomic mass is 9.83. The van der Waals surface area contributed by atoms with E-state index in [9.17, 15) is 4.79 Å². The van der Waals surface area contributed by atoms with Crippen molar-refractivity contribution in [1.82, 2.24) is 0 Å². The summed E-state index contributed by atoms with van der Waals surface area (Å²) in [6, 6.07) is 5.60. The van der Waals surface area contributed by atoms with E-state index >= 15 is 0 Å². The van der Waals surface area contributed by atoms with Crippen LogP contribution in [0, 0.1) is 5.92 Å². The van der Waals surface area contributed by atoms with Crippen LogP contribution >= 0.6 is 0 Å². The molecule has 0 bridgehead atoms. The molecule has 4 nitrogen and oxygen atoms in total. The zero-order valence-corrected chi connectivity index (χ0v) is 11.2. The highest BCUT2D eigenvalue weighted by Gasteiger charge is 2.33. The van der Waals surface area contributed by atoms with Crippen molar-refractivity contribution in [3.05, 3.63) is 18.2 Å². The summed E-state index contributed by atoms with van der Waals surface area (Å²) in [4.78, 5) is 12.2. The highest BCUT2D eigenvalue weighted by Crippen LogP contribution is 2.35. The third-order valence-corrected chi connectivity index (χ3v) is 4.20. The molecule has 1 amide bonds. The summed E-state index contributed by atoms with van der Waals surface area (Å²) >= 11 is 0. The molecular formula is C15H20N2O2. The van der Waals surface area contributed by atoms with Gasteiger partial charge >= 0.3 is 0 Å². The Kier molecular flexibility index (Phi) is 3.32. The zero-order chi connectivity index (χ0) is 13.2. The number of fused-ring (bicyclic) bond motifs is 1. The molecule has 1 saturated carbocycles. The highest BCUT2D eigenvalue weighted by atomic mass is 16.5. The summed E-state index contributed by atoms with van der Waals surface area (Å²) in [5.74, 6) is 1.36. The molecule has 0 spiro atoms. The van der Waals surface area contributed by atoms with E-state index in [0.717, 1.165) is 30.0 Å². The van der Waals surface area contributed by atoms with Crippen LogP contribution in [0.25, 0.3) is 0 Å². The fraction of sp³-hybridized carbons (Fsp3) is 0.533. The maximum absolute atomic E-state index is 12.2. The normalized spacial score (nSPS) is 23.2. The molecule has 0 saturated heterocycles. The van der Waals surface area contributed by atoms with Crippen LogP contribution in [0.5, 0.6) is 5.75 Å². The second-order valence-electron chi connectivity index (χ2n) is 5.42. The Morgan fingerprint density at radius 3 is 2.68 bits per heavy atom. The number of anilines is 2. The van der Waals surface area contributed by atoms with Gasteiger partial charge in [-0.25, -0.2) is 0 Å². The number of benzene rings is 1. The Hall–Kier alpha value is -1.71. The summed E-state index contributed by atoms with van der Waals surface area (Å²) in [5.41, 5.74) is 1.81. The van der Waals surface area contributed by atoms with Gasteiger partial charge in [0.25, 0.3) is 0 Å². The van der Waals surface area contributed by atoms with Crippen LogP contribution in [0.1, 0.15) is 32.1 Å². The molecule has 0 radical (unpaired) electrons. The molecule has 2 N–H and O–H groups in total. The smallest absolute Gasteiger partial charge is 0.247 e.